The molecule has 9 heteroatoms. The van der Waals surface area contributed by atoms with Crippen molar-refractivity contribution in [2.75, 3.05) is 5.32 Å². The number of aryl methyl sites for hydroxylation is 1. The molecule has 7 nitrogen and oxygen atoms in total. The predicted molar refractivity (Wildman–Crippen MR) is 106 cm³/mol. The molecule has 136 valence electrons. The first kappa shape index (κ1) is 17.6. The van der Waals surface area contributed by atoms with Gasteiger partial charge in [0.2, 0.25) is 11.8 Å². The van der Waals surface area contributed by atoms with E-state index < -0.39 is 0 Å². The number of nitrogens with zero attached hydrogens (tertiary/aromatic N) is 4. The van der Waals surface area contributed by atoms with Gasteiger partial charge in [-0.2, -0.15) is 0 Å². The monoisotopic (exact) mass is 443 g/mol. The van der Waals surface area contributed by atoms with Gasteiger partial charge in [0, 0.05) is 29.0 Å². The van der Waals surface area contributed by atoms with E-state index in [0.29, 0.717) is 34.9 Å². The molecule has 1 N–H and O–H groups in total. The van der Waals surface area contributed by atoms with Crippen molar-refractivity contribution in [1.82, 2.24) is 20.2 Å². The Morgan fingerprint density at radius 3 is 2.85 bits per heavy atom. The van der Waals surface area contributed by atoms with Gasteiger partial charge in [0.15, 0.2) is 16.7 Å². The average Bonchev–Trinajstić information content (AvgIpc) is 3.27. The number of nitrogens with one attached hydrogen (secondary N) is 1. The lowest BCUT2D eigenvalue weighted by Crippen LogP contribution is -1.98. The highest BCUT2D eigenvalue weighted by atomic mass is 79.9. The van der Waals surface area contributed by atoms with E-state index in [0.717, 1.165) is 15.9 Å². The van der Waals surface area contributed by atoms with Crippen molar-refractivity contribution < 1.29 is 9.15 Å². The fourth-order valence-corrected chi connectivity index (χ4v) is 3.34. The molecule has 0 spiro atoms. The van der Waals surface area contributed by atoms with Crippen LogP contribution < -0.4 is 10.1 Å². The zero-order chi connectivity index (χ0) is 18.6. The van der Waals surface area contributed by atoms with Crippen LogP contribution in [0.4, 0.5) is 10.9 Å². The summed E-state index contributed by atoms with van der Waals surface area (Å²) in [7, 11) is 0. The molecule has 0 aliphatic heterocycles. The van der Waals surface area contributed by atoms with Crippen LogP contribution in [0.1, 0.15) is 17.5 Å². The first-order chi connectivity index (χ1) is 13.2. The first-order valence-corrected chi connectivity index (χ1v) is 9.72. The smallest absolute Gasteiger partial charge is 0.222 e. The van der Waals surface area contributed by atoms with Gasteiger partial charge in [0.05, 0.1) is 12.1 Å². The van der Waals surface area contributed by atoms with Gasteiger partial charge in [-0.25, -0.2) is 9.97 Å². The van der Waals surface area contributed by atoms with E-state index >= 15 is 0 Å². The Morgan fingerprint density at radius 2 is 2.07 bits per heavy atom. The fraction of sp³-hybridized carbons (Fsp3) is 0.111. The Labute approximate surface area is 167 Å². The summed E-state index contributed by atoms with van der Waals surface area (Å²) >= 11 is 4.90. The fourth-order valence-electron chi connectivity index (χ4n) is 2.32. The van der Waals surface area contributed by atoms with Crippen LogP contribution in [0, 0.1) is 6.92 Å². The van der Waals surface area contributed by atoms with Crippen LogP contribution in [0.15, 0.2) is 56.9 Å². The number of para-hydroxylation sites is 1. The number of thiazole rings is 1. The summed E-state index contributed by atoms with van der Waals surface area (Å²) < 4.78 is 12.2. The second-order valence-electron chi connectivity index (χ2n) is 5.58. The SMILES string of the molecule is Cc1nnc(Cc2csc(Nc3ncc(Br)cc3Oc3ccccc3)n2)o1. The highest BCUT2D eigenvalue weighted by Crippen LogP contribution is 2.33. The molecule has 1 aromatic carbocycles. The number of pyridine rings is 1. The maximum atomic E-state index is 5.96. The van der Waals surface area contributed by atoms with Gasteiger partial charge in [-0.05, 0) is 28.1 Å². The molecule has 27 heavy (non-hydrogen) atoms. The van der Waals surface area contributed by atoms with Crippen molar-refractivity contribution in [3.05, 3.63) is 69.9 Å². The standard InChI is InChI=1S/C18H14BrN5O2S/c1-11-23-24-16(25-11)8-13-10-27-18(21-13)22-17-15(7-12(19)9-20-17)26-14-5-3-2-4-6-14/h2-7,9-10H,8H2,1H3,(H,20,21,22). The number of anilines is 2. The molecule has 0 atom stereocenters. The third-order valence-corrected chi connectivity index (χ3v) is 4.71. The summed E-state index contributed by atoms with van der Waals surface area (Å²) in [6.07, 6.45) is 2.19. The minimum Gasteiger partial charge on any atom is -0.453 e. The van der Waals surface area contributed by atoms with E-state index in [9.17, 15) is 0 Å². The molecule has 0 saturated heterocycles. The summed E-state index contributed by atoms with van der Waals surface area (Å²) in [5.41, 5.74) is 0.841. The van der Waals surface area contributed by atoms with Crippen LogP contribution in [0.5, 0.6) is 11.5 Å². The van der Waals surface area contributed by atoms with Crippen molar-refractivity contribution in [3.8, 4) is 11.5 Å². The van der Waals surface area contributed by atoms with Crippen LogP contribution >= 0.6 is 27.3 Å². The van der Waals surface area contributed by atoms with Crippen LogP contribution in [0.2, 0.25) is 0 Å². The largest absolute Gasteiger partial charge is 0.453 e. The van der Waals surface area contributed by atoms with Crippen LogP contribution in [-0.2, 0) is 6.42 Å². The number of aromatic nitrogens is 4. The molecule has 0 aliphatic carbocycles. The molecule has 0 unspecified atom stereocenters. The van der Waals surface area contributed by atoms with Gasteiger partial charge in [-0.15, -0.1) is 21.5 Å². The Bertz CT molecular complexity index is 1050. The second-order valence-corrected chi connectivity index (χ2v) is 7.35. The second kappa shape index (κ2) is 7.85. The minimum absolute atomic E-state index is 0.486. The van der Waals surface area contributed by atoms with Gasteiger partial charge in [-0.1, -0.05) is 18.2 Å². The van der Waals surface area contributed by atoms with E-state index in [1.165, 1.54) is 11.3 Å². The Kier molecular flexibility index (Phi) is 5.12. The molecule has 0 fully saturated rings. The summed E-state index contributed by atoms with van der Waals surface area (Å²) in [5.74, 6) is 2.99. The van der Waals surface area contributed by atoms with Crippen molar-refractivity contribution in [2.24, 2.45) is 0 Å². The topological polar surface area (TPSA) is 86.0 Å². The minimum atomic E-state index is 0.486. The van der Waals surface area contributed by atoms with Gasteiger partial charge >= 0.3 is 0 Å². The van der Waals surface area contributed by atoms with Crippen molar-refractivity contribution in [1.29, 1.82) is 0 Å². The van der Waals surface area contributed by atoms with Crippen LogP contribution in [0.3, 0.4) is 0 Å². The molecule has 4 rings (SSSR count). The molecule has 0 amide bonds. The summed E-state index contributed by atoms with van der Waals surface area (Å²) in [6, 6.07) is 11.4. The number of rotatable bonds is 6. The number of hydrogen-bond donors (Lipinski definition) is 1. The highest BCUT2D eigenvalue weighted by Gasteiger charge is 2.12. The number of hydrogen-bond acceptors (Lipinski definition) is 8. The molecule has 0 aliphatic rings. The maximum Gasteiger partial charge on any atom is 0.222 e. The third-order valence-electron chi connectivity index (χ3n) is 3.47. The van der Waals surface area contributed by atoms with Gasteiger partial charge in [0.25, 0.3) is 0 Å². The number of benzene rings is 1. The lowest BCUT2D eigenvalue weighted by Gasteiger charge is -2.11. The van der Waals surface area contributed by atoms with Crippen molar-refractivity contribution >= 4 is 38.2 Å². The molecular weight excluding hydrogens is 430 g/mol. The van der Waals surface area contributed by atoms with Gasteiger partial charge < -0.3 is 14.5 Å². The average molecular weight is 444 g/mol. The summed E-state index contributed by atoms with van der Waals surface area (Å²) in [5, 5.41) is 13.7. The first-order valence-electron chi connectivity index (χ1n) is 8.04. The maximum absolute atomic E-state index is 5.96. The van der Waals surface area contributed by atoms with E-state index in [1.807, 2.05) is 41.8 Å². The van der Waals surface area contributed by atoms with Crippen molar-refractivity contribution in [3.63, 3.8) is 0 Å². The summed E-state index contributed by atoms with van der Waals surface area (Å²) in [4.78, 5) is 8.96. The normalized spacial score (nSPS) is 10.7. The van der Waals surface area contributed by atoms with Gasteiger partial charge in [-0.3, -0.25) is 0 Å². The van der Waals surface area contributed by atoms with E-state index in [1.54, 1.807) is 13.1 Å². The third kappa shape index (κ3) is 4.50. The lowest BCUT2D eigenvalue weighted by molar-refractivity contribution is 0.476. The molecular formula is C18H14BrN5O2S. The van der Waals surface area contributed by atoms with E-state index in [2.05, 4.69) is 41.4 Å². The Hall–Kier alpha value is -2.78. The molecule has 4 aromatic rings. The predicted octanol–water partition coefficient (Wildman–Crippen LogP) is 5.12. The Balaban J connectivity index is 1.52. The molecule has 0 radical (unpaired) electrons. The molecule has 3 aromatic heterocycles. The molecule has 0 saturated carbocycles. The van der Waals surface area contributed by atoms with Gasteiger partial charge in [0.1, 0.15) is 5.75 Å². The Morgan fingerprint density at radius 1 is 1.22 bits per heavy atom. The zero-order valence-electron chi connectivity index (χ0n) is 14.2. The number of halogens is 1. The van der Waals surface area contributed by atoms with Crippen molar-refractivity contribution in [2.45, 2.75) is 13.3 Å². The quantitative estimate of drug-likeness (QED) is 0.442. The molecule has 3 heterocycles. The number of ether oxygens (including phenoxy) is 1. The molecule has 0 bridgehead atoms. The summed E-state index contributed by atoms with van der Waals surface area (Å²) in [6.45, 7) is 1.76. The highest BCUT2D eigenvalue weighted by molar-refractivity contribution is 9.10. The van der Waals surface area contributed by atoms with Crippen LogP contribution in [0.25, 0.3) is 0 Å². The lowest BCUT2D eigenvalue weighted by atomic mass is 10.3. The van der Waals surface area contributed by atoms with E-state index in [4.69, 9.17) is 9.15 Å². The zero-order valence-corrected chi connectivity index (χ0v) is 16.6. The van der Waals surface area contributed by atoms with E-state index in [-0.39, 0.29) is 0 Å². The van der Waals surface area contributed by atoms with Crippen LogP contribution in [-0.4, -0.2) is 20.2 Å².